The van der Waals surface area contributed by atoms with Gasteiger partial charge in [-0.25, -0.2) is 0 Å². The van der Waals surface area contributed by atoms with Gasteiger partial charge in [-0.15, -0.1) is 0 Å². The molecule has 6 heteroatoms. The molecule has 2 N–H and O–H groups in total. The van der Waals surface area contributed by atoms with Crippen LogP contribution in [0.2, 0.25) is 0 Å². The summed E-state index contributed by atoms with van der Waals surface area (Å²) >= 11 is 0. The van der Waals surface area contributed by atoms with Gasteiger partial charge in [0.05, 0.1) is 0 Å². The third kappa shape index (κ3) is 2.80. The number of likely N-dealkylation sites (tertiary alicyclic amines) is 1. The first-order valence-electron chi connectivity index (χ1n) is 7.73. The topological polar surface area (TPSA) is 89.4 Å². The summed E-state index contributed by atoms with van der Waals surface area (Å²) in [6, 6.07) is 0. The maximum Gasteiger partial charge on any atom is 0.276 e. The largest absolute Gasteiger partial charge is 0.369 e. The van der Waals surface area contributed by atoms with Crippen molar-refractivity contribution < 1.29 is 14.1 Å². The number of aryl methyl sites for hydroxylation is 1. The van der Waals surface area contributed by atoms with Gasteiger partial charge in [-0.05, 0) is 32.1 Å². The highest BCUT2D eigenvalue weighted by Crippen LogP contribution is 2.26. The molecule has 0 spiro atoms. The monoisotopic (exact) mass is 291 g/mol. The molecule has 3 rings (SSSR count). The van der Waals surface area contributed by atoms with E-state index in [1.54, 1.807) is 4.90 Å². The number of amides is 2. The molecule has 114 valence electrons. The van der Waals surface area contributed by atoms with Gasteiger partial charge >= 0.3 is 0 Å². The molecule has 2 aliphatic rings. The Bertz CT molecular complexity index is 544. The summed E-state index contributed by atoms with van der Waals surface area (Å²) in [5.41, 5.74) is 6.79. The summed E-state index contributed by atoms with van der Waals surface area (Å²) in [5, 5.41) is 4.01. The average molecular weight is 291 g/mol. The number of rotatable bonds is 2. The van der Waals surface area contributed by atoms with Gasteiger partial charge in [0, 0.05) is 31.0 Å². The SMILES string of the molecule is NC(=O)C1CCN(C(=O)c2noc3c2CCCCC3)CC1. The van der Waals surface area contributed by atoms with Gasteiger partial charge in [-0.2, -0.15) is 0 Å². The number of hydrogen-bond acceptors (Lipinski definition) is 4. The second-order valence-electron chi connectivity index (χ2n) is 5.96. The highest BCUT2D eigenvalue weighted by molar-refractivity contribution is 5.94. The summed E-state index contributed by atoms with van der Waals surface area (Å²) in [6.07, 6.45) is 6.37. The van der Waals surface area contributed by atoms with Gasteiger partial charge < -0.3 is 15.2 Å². The van der Waals surface area contributed by atoms with Gasteiger partial charge in [0.1, 0.15) is 5.76 Å². The number of piperidine rings is 1. The molecule has 2 amide bonds. The number of nitrogens with zero attached hydrogens (tertiary/aromatic N) is 2. The maximum absolute atomic E-state index is 12.6. The summed E-state index contributed by atoms with van der Waals surface area (Å²) < 4.78 is 5.37. The lowest BCUT2D eigenvalue weighted by Crippen LogP contribution is -2.42. The number of carbonyl (C=O) groups is 2. The van der Waals surface area contributed by atoms with E-state index in [-0.39, 0.29) is 17.7 Å². The Labute approximate surface area is 123 Å². The maximum atomic E-state index is 12.6. The fourth-order valence-electron chi connectivity index (χ4n) is 3.25. The standard InChI is InChI=1S/C15H21N3O3/c16-14(19)10-6-8-18(9-7-10)15(20)13-11-4-2-1-3-5-12(11)21-17-13/h10H,1-9H2,(H2,16,19). The Morgan fingerprint density at radius 3 is 2.57 bits per heavy atom. The number of carbonyl (C=O) groups excluding carboxylic acids is 2. The minimum absolute atomic E-state index is 0.0650. The smallest absolute Gasteiger partial charge is 0.276 e. The second-order valence-corrected chi connectivity index (χ2v) is 5.96. The number of nitrogens with two attached hydrogens (primary N) is 1. The molecule has 0 atom stereocenters. The Hall–Kier alpha value is -1.85. The Kier molecular flexibility index (Phi) is 3.94. The van der Waals surface area contributed by atoms with Crippen LogP contribution in [0.25, 0.3) is 0 Å². The predicted octanol–water partition coefficient (Wildman–Crippen LogP) is 1.28. The van der Waals surface area contributed by atoms with Crippen LogP contribution in [0, 0.1) is 5.92 Å². The summed E-state index contributed by atoms with van der Waals surface area (Å²) in [4.78, 5) is 25.6. The number of hydrogen-bond donors (Lipinski definition) is 1. The summed E-state index contributed by atoms with van der Waals surface area (Å²) in [6.45, 7) is 1.13. The van der Waals surface area contributed by atoms with Gasteiger partial charge in [0.15, 0.2) is 5.69 Å². The van der Waals surface area contributed by atoms with Crippen LogP contribution in [0.5, 0.6) is 0 Å². The molecular weight excluding hydrogens is 270 g/mol. The van der Waals surface area contributed by atoms with Crippen molar-refractivity contribution in [1.82, 2.24) is 10.1 Å². The summed E-state index contributed by atoms with van der Waals surface area (Å²) in [7, 11) is 0. The Morgan fingerprint density at radius 2 is 1.86 bits per heavy atom. The Morgan fingerprint density at radius 1 is 1.14 bits per heavy atom. The average Bonchev–Trinajstić information content (AvgIpc) is 2.75. The zero-order valence-electron chi connectivity index (χ0n) is 12.1. The predicted molar refractivity (Wildman–Crippen MR) is 75.6 cm³/mol. The first-order valence-corrected chi connectivity index (χ1v) is 7.73. The fourth-order valence-corrected chi connectivity index (χ4v) is 3.25. The Balaban J connectivity index is 1.72. The number of fused-ring (bicyclic) bond motifs is 1. The zero-order chi connectivity index (χ0) is 14.8. The quantitative estimate of drug-likeness (QED) is 0.831. The molecule has 1 saturated heterocycles. The molecule has 0 aromatic carbocycles. The molecule has 1 aliphatic carbocycles. The lowest BCUT2D eigenvalue weighted by atomic mass is 9.96. The lowest BCUT2D eigenvalue weighted by molar-refractivity contribution is -0.123. The molecule has 1 aliphatic heterocycles. The van der Waals surface area contributed by atoms with E-state index in [0.717, 1.165) is 37.0 Å². The molecule has 0 saturated carbocycles. The van der Waals surface area contributed by atoms with Crippen LogP contribution in [0.3, 0.4) is 0 Å². The minimum Gasteiger partial charge on any atom is -0.369 e. The normalized spacial score (nSPS) is 19.9. The second kappa shape index (κ2) is 5.87. The van der Waals surface area contributed by atoms with Gasteiger partial charge in [0.25, 0.3) is 5.91 Å². The van der Waals surface area contributed by atoms with E-state index in [1.807, 2.05) is 0 Å². The van der Waals surface area contributed by atoms with Crippen LogP contribution in [-0.2, 0) is 17.6 Å². The molecule has 0 radical (unpaired) electrons. The van der Waals surface area contributed by atoms with E-state index in [2.05, 4.69) is 5.16 Å². The molecule has 21 heavy (non-hydrogen) atoms. The van der Waals surface area contributed by atoms with Crippen molar-refractivity contribution in [2.24, 2.45) is 11.7 Å². The molecule has 0 unspecified atom stereocenters. The van der Waals surface area contributed by atoms with Gasteiger partial charge in [-0.1, -0.05) is 11.6 Å². The molecule has 1 aromatic heterocycles. The molecule has 2 heterocycles. The van der Waals surface area contributed by atoms with E-state index in [0.29, 0.717) is 31.6 Å². The van der Waals surface area contributed by atoms with Crippen LogP contribution in [0.4, 0.5) is 0 Å². The van der Waals surface area contributed by atoms with E-state index < -0.39 is 0 Å². The number of primary amides is 1. The highest BCUT2D eigenvalue weighted by Gasteiger charge is 2.30. The van der Waals surface area contributed by atoms with Crippen LogP contribution in [0.15, 0.2) is 4.52 Å². The molecule has 1 fully saturated rings. The van der Waals surface area contributed by atoms with Gasteiger partial charge in [0.2, 0.25) is 5.91 Å². The van der Waals surface area contributed by atoms with Gasteiger partial charge in [-0.3, -0.25) is 9.59 Å². The third-order valence-electron chi connectivity index (χ3n) is 4.59. The lowest BCUT2D eigenvalue weighted by Gasteiger charge is -2.30. The van der Waals surface area contributed by atoms with Crippen molar-refractivity contribution in [3.63, 3.8) is 0 Å². The molecule has 6 nitrogen and oxygen atoms in total. The molecular formula is C15H21N3O3. The zero-order valence-corrected chi connectivity index (χ0v) is 12.1. The van der Waals surface area contributed by atoms with Crippen molar-refractivity contribution >= 4 is 11.8 Å². The molecule has 1 aromatic rings. The van der Waals surface area contributed by atoms with E-state index >= 15 is 0 Å². The van der Waals surface area contributed by atoms with Crippen molar-refractivity contribution in [3.8, 4) is 0 Å². The first-order chi connectivity index (χ1) is 10.2. The van der Waals surface area contributed by atoms with Crippen molar-refractivity contribution in [3.05, 3.63) is 17.0 Å². The van der Waals surface area contributed by atoms with Crippen LogP contribution in [-0.4, -0.2) is 35.0 Å². The van der Waals surface area contributed by atoms with Crippen LogP contribution >= 0.6 is 0 Å². The highest BCUT2D eigenvalue weighted by atomic mass is 16.5. The van der Waals surface area contributed by atoms with E-state index in [4.69, 9.17) is 10.3 Å². The minimum atomic E-state index is -0.266. The molecule has 0 bridgehead atoms. The summed E-state index contributed by atoms with van der Waals surface area (Å²) in [5.74, 6) is 0.438. The first kappa shape index (κ1) is 14.1. The third-order valence-corrected chi connectivity index (χ3v) is 4.59. The fraction of sp³-hybridized carbons (Fsp3) is 0.667. The van der Waals surface area contributed by atoms with Crippen molar-refractivity contribution in [1.29, 1.82) is 0 Å². The number of aromatic nitrogens is 1. The van der Waals surface area contributed by atoms with Crippen LogP contribution in [0.1, 0.15) is 53.9 Å². The van der Waals surface area contributed by atoms with E-state index in [1.165, 1.54) is 6.42 Å². The van der Waals surface area contributed by atoms with E-state index in [9.17, 15) is 9.59 Å². The van der Waals surface area contributed by atoms with Crippen LogP contribution < -0.4 is 5.73 Å². The van der Waals surface area contributed by atoms with Crippen molar-refractivity contribution in [2.75, 3.05) is 13.1 Å². The van der Waals surface area contributed by atoms with Crippen molar-refractivity contribution in [2.45, 2.75) is 44.9 Å².